The maximum absolute atomic E-state index is 11.9. The van der Waals surface area contributed by atoms with Crippen LogP contribution in [-0.2, 0) is 11.2 Å². The number of amides is 1. The molecule has 0 saturated carbocycles. The van der Waals surface area contributed by atoms with Crippen molar-refractivity contribution in [3.63, 3.8) is 0 Å². The van der Waals surface area contributed by atoms with Crippen LogP contribution in [0.4, 0.5) is 0 Å². The van der Waals surface area contributed by atoms with Crippen LogP contribution in [0.5, 0.6) is 11.5 Å². The Hall–Kier alpha value is -1.97. The number of allylic oxidation sites excluding steroid dienone is 1. The molecule has 1 rings (SSSR count). The predicted molar refractivity (Wildman–Crippen MR) is 84.9 cm³/mol. The number of ether oxygens (including phenoxy) is 2. The molecule has 1 N–H and O–H groups in total. The monoisotopic (exact) mass is 291 g/mol. The fraction of sp³-hybridized carbons (Fsp3) is 0.471. The molecule has 4 nitrogen and oxygen atoms in total. The van der Waals surface area contributed by atoms with Gasteiger partial charge in [0.25, 0.3) is 0 Å². The summed E-state index contributed by atoms with van der Waals surface area (Å²) in [6.07, 6.45) is 4.31. The SMILES string of the molecule is C=CCCC(C)C(=O)NCCc1ccc(OC)c(OC)c1. The number of benzene rings is 1. The lowest BCUT2D eigenvalue weighted by Crippen LogP contribution is -2.30. The summed E-state index contributed by atoms with van der Waals surface area (Å²) in [4.78, 5) is 11.9. The van der Waals surface area contributed by atoms with Gasteiger partial charge in [-0.2, -0.15) is 0 Å². The first-order valence-electron chi connectivity index (χ1n) is 7.21. The molecular weight excluding hydrogens is 266 g/mol. The van der Waals surface area contributed by atoms with Gasteiger partial charge < -0.3 is 14.8 Å². The van der Waals surface area contributed by atoms with Gasteiger partial charge in [0, 0.05) is 12.5 Å². The van der Waals surface area contributed by atoms with Gasteiger partial charge in [0.1, 0.15) is 0 Å². The molecule has 0 aliphatic heterocycles. The summed E-state index contributed by atoms with van der Waals surface area (Å²) < 4.78 is 10.5. The Bertz CT molecular complexity index is 471. The summed E-state index contributed by atoms with van der Waals surface area (Å²) in [6.45, 7) is 6.23. The van der Waals surface area contributed by atoms with Gasteiger partial charge in [-0.3, -0.25) is 4.79 Å². The van der Waals surface area contributed by atoms with Crippen LogP contribution >= 0.6 is 0 Å². The van der Waals surface area contributed by atoms with Gasteiger partial charge in [-0.1, -0.05) is 19.1 Å². The van der Waals surface area contributed by atoms with E-state index >= 15 is 0 Å². The molecule has 1 amide bonds. The molecule has 116 valence electrons. The summed E-state index contributed by atoms with van der Waals surface area (Å²) in [6, 6.07) is 5.80. The van der Waals surface area contributed by atoms with Crippen LogP contribution in [0.1, 0.15) is 25.3 Å². The molecule has 1 atom stereocenters. The quantitative estimate of drug-likeness (QED) is 0.712. The van der Waals surface area contributed by atoms with Crippen LogP contribution in [0.3, 0.4) is 0 Å². The second-order valence-corrected chi connectivity index (χ2v) is 5.00. The highest BCUT2D eigenvalue weighted by molar-refractivity contribution is 5.78. The molecule has 0 aliphatic rings. The van der Waals surface area contributed by atoms with E-state index in [9.17, 15) is 4.79 Å². The second-order valence-electron chi connectivity index (χ2n) is 5.00. The molecule has 1 aromatic rings. The second kappa shape index (κ2) is 9.06. The van der Waals surface area contributed by atoms with Gasteiger partial charge in [0.2, 0.25) is 5.91 Å². The number of rotatable bonds is 9. The average molecular weight is 291 g/mol. The molecule has 0 radical (unpaired) electrons. The molecule has 0 heterocycles. The lowest BCUT2D eigenvalue weighted by atomic mass is 10.0. The Balaban J connectivity index is 2.45. The van der Waals surface area contributed by atoms with Crippen molar-refractivity contribution in [1.82, 2.24) is 5.32 Å². The lowest BCUT2D eigenvalue weighted by molar-refractivity contribution is -0.124. The zero-order valence-electron chi connectivity index (χ0n) is 13.1. The highest BCUT2D eigenvalue weighted by Gasteiger charge is 2.11. The summed E-state index contributed by atoms with van der Waals surface area (Å²) in [5.74, 6) is 1.54. The third kappa shape index (κ3) is 5.50. The summed E-state index contributed by atoms with van der Waals surface area (Å²) >= 11 is 0. The van der Waals surface area contributed by atoms with Crippen molar-refractivity contribution in [1.29, 1.82) is 0 Å². The van der Waals surface area contributed by atoms with E-state index < -0.39 is 0 Å². The minimum Gasteiger partial charge on any atom is -0.493 e. The maximum Gasteiger partial charge on any atom is 0.222 e. The van der Waals surface area contributed by atoms with Crippen molar-refractivity contribution in [3.05, 3.63) is 36.4 Å². The van der Waals surface area contributed by atoms with E-state index in [1.165, 1.54) is 0 Å². The van der Waals surface area contributed by atoms with Crippen LogP contribution in [0.25, 0.3) is 0 Å². The van der Waals surface area contributed by atoms with Crippen molar-refractivity contribution in [2.45, 2.75) is 26.2 Å². The Morgan fingerprint density at radius 3 is 2.67 bits per heavy atom. The number of carbonyl (C=O) groups excluding carboxylic acids is 1. The molecule has 1 aromatic carbocycles. The Kier molecular flexibility index (Phi) is 7.37. The van der Waals surface area contributed by atoms with E-state index in [2.05, 4.69) is 11.9 Å². The third-order valence-electron chi connectivity index (χ3n) is 3.41. The van der Waals surface area contributed by atoms with Crippen molar-refractivity contribution < 1.29 is 14.3 Å². The third-order valence-corrected chi connectivity index (χ3v) is 3.41. The van der Waals surface area contributed by atoms with Crippen LogP contribution in [0.15, 0.2) is 30.9 Å². The fourth-order valence-corrected chi connectivity index (χ4v) is 2.04. The average Bonchev–Trinajstić information content (AvgIpc) is 2.52. The van der Waals surface area contributed by atoms with E-state index in [1.807, 2.05) is 31.2 Å². The summed E-state index contributed by atoms with van der Waals surface area (Å²) in [5.41, 5.74) is 1.10. The molecule has 0 aliphatic carbocycles. The Morgan fingerprint density at radius 2 is 2.05 bits per heavy atom. The zero-order valence-corrected chi connectivity index (χ0v) is 13.1. The van der Waals surface area contributed by atoms with Crippen molar-refractivity contribution >= 4 is 5.91 Å². The molecule has 0 aromatic heterocycles. The van der Waals surface area contributed by atoms with Gasteiger partial charge in [0.05, 0.1) is 14.2 Å². The van der Waals surface area contributed by atoms with Crippen molar-refractivity contribution in [2.75, 3.05) is 20.8 Å². The number of carbonyl (C=O) groups is 1. The smallest absolute Gasteiger partial charge is 0.222 e. The van der Waals surface area contributed by atoms with E-state index in [0.29, 0.717) is 18.0 Å². The van der Waals surface area contributed by atoms with E-state index in [4.69, 9.17) is 9.47 Å². The topological polar surface area (TPSA) is 47.6 Å². The Labute approximate surface area is 127 Å². The first-order chi connectivity index (χ1) is 10.1. The lowest BCUT2D eigenvalue weighted by Gasteiger charge is -2.12. The van der Waals surface area contributed by atoms with Gasteiger partial charge in [-0.15, -0.1) is 6.58 Å². The minimum atomic E-state index is 0.0217. The number of nitrogens with one attached hydrogen (secondary N) is 1. The molecule has 0 bridgehead atoms. The van der Waals surface area contributed by atoms with Crippen molar-refractivity contribution in [3.8, 4) is 11.5 Å². The maximum atomic E-state index is 11.9. The fourth-order valence-electron chi connectivity index (χ4n) is 2.04. The van der Waals surface area contributed by atoms with Gasteiger partial charge >= 0.3 is 0 Å². The standard InChI is InChI=1S/C17H25NO3/c1-5-6-7-13(2)17(19)18-11-10-14-8-9-15(20-3)16(12-14)21-4/h5,8-9,12-13H,1,6-7,10-11H2,2-4H3,(H,18,19). The highest BCUT2D eigenvalue weighted by atomic mass is 16.5. The van der Waals surface area contributed by atoms with Crippen LogP contribution < -0.4 is 14.8 Å². The first kappa shape index (κ1) is 17.1. The predicted octanol–water partition coefficient (Wildman–Crippen LogP) is 2.96. The molecule has 0 saturated heterocycles. The number of hydrogen-bond acceptors (Lipinski definition) is 3. The first-order valence-corrected chi connectivity index (χ1v) is 7.21. The highest BCUT2D eigenvalue weighted by Crippen LogP contribution is 2.27. The Morgan fingerprint density at radius 1 is 1.33 bits per heavy atom. The number of methoxy groups -OCH3 is 2. The van der Waals surface area contributed by atoms with Crippen LogP contribution in [0.2, 0.25) is 0 Å². The van der Waals surface area contributed by atoms with Gasteiger partial charge in [-0.05, 0) is 37.0 Å². The molecule has 21 heavy (non-hydrogen) atoms. The van der Waals surface area contributed by atoms with Gasteiger partial charge in [-0.25, -0.2) is 0 Å². The molecule has 1 unspecified atom stereocenters. The summed E-state index contributed by atoms with van der Waals surface area (Å²) in [7, 11) is 3.23. The zero-order chi connectivity index (χ0) is 15.7. The molecular formula is C17H25NO3. The van der Waals surface area contributed by atoms with Gasteiger partial charge in [0.15, 0.2) is 11.5 Å². The minimum absolute atomic E-state index is 0.0217. The van der Waals surface area contributed by atoms with Crippen LogP contribution in [-0.4, -0.2) is 26.7 Å². The number of hydrogen-bond donors (Lipinski definition) is 1. The normalized spacial score (nSPS) is 11.6. The molecule has 0 fully saturated rings. The largest absolute Gasteiger partial charge is 0.493 e. The summed E-state index contributed by atoms with van der Waals surface area (Å²) in [5, 5.41) is 2.96. The van der Waals surface area contributed by atoms with E-state index in [0.717, 1.165) is 24.8 Å². The van der Waals surface area contributed by atoms with Crippen LogP contribution in [0, 0.1) is 5.92 Å². The molecule has 4 heteroatoms. The van der Waals surface area contributed by atoms with E-state index in [1.54, 1.807) is 14.2 Å². The molecule has 0 spiro atoms. The van der Waals surface area contributed by atoms with E-state index in [-0.39, 0.29) is 11.8 Å². The van der Waals surface area contributed by atoms with Crippen molar-refractivity contribution in [2.24, 2.45) is 5.92 Å².